The topological polar surface area (TPSA) is 60.4 Å². The number of ketones is 2. The summed E-state index contributed by atoms with van der Waals surface area (Å²) in [6, 6.07) is 12.4. The molecule has 2 aromatic carbocycles. The molecule has 0 aliphatic heterocycles. The van der Waals surface area contributed by atoms with Crippen LogP contribution in [-0.2, 0) is 9.53 Å². The van der Waals surface area contributed by atoms with Crippen LogP contribution in [0, 0.1) is 5.92 Å². The molecule has 130 valence electrons. The molecule has 0 bridgehead atoms. The maximum Gasteiger partial charge on any atom is 0.317 e. The molecular weight excluding hydrogens is 363 g/mol. The van der Waals surface area contributed by atoms with Crippen molar-refractivity contribution in [2.45, 2.75) is 13.3 Å². The van der Waals surface area contributed by atoms with E-state index >= 15 is 0 Å². The first-order valence-corrected chi connectivity index (χ1v) is 8.43. The summed E-state index contributed by atoms with van der Waals surface area (Å²) in [6.45, 7) is 1.76. The molecule has 0 N–H and O–H groups in total. The molecule has 0 heterocycles. The van der Waals surface area contributed by atoms with Gasteiger partial charge in [0.2, 0.25) is 0 Å². The van der Waals surface area contributed by atoms with Gasteiger partial charge in [0.05, 0.1) is 6.61 Å². The summed E-state index contributed by atoms with van der Waals surface area (Å²) in [5.41, 5.74) is 0.675. The Hall–Kier alpha value is -2.17. The SMILES string of the molecule is CCOC(=O)C(CC(=O)c1ccc(Cl)cc1)C(=O)c1ccc(Cl)cc1. The first-order chi connectivity index (χ1) is 11.9. The average Bonchev–Trinajstić information content (AvgIpc) is 2.60. The monoisotopic (exact) mass is 378 g/mol. The van der Waals surface area contributed by atoms with Crippen LogP contribution < -0.4 is 0 Å². The molecule has 0 radical (unpaired) electrons. The Morgan fingerprint density at radius 3 is 1.84 bits per heavy atom. The van der Waals surface area contributed by atoms with Gasteiger partial charge in [0, 0.05) is 27.6 Å². The van der Waals surface area contributed by atoms with E-state index in [-0.39, 0.29) is 18.8 Å². The molecule has 4 nitrogen and oxygen atoms in total. The molecule has 0 aliphatic rings. The second-order valence-electron chi connectivity index (χ2n) is 5.31. The molecule has 2 aromatic rings. The standard InChI is InChI=1S/C19H16Cl2O4/c1-2-25-19(24)16(18(23)13-5-9-15(21)10-6-13)11-17(22)12-3-7-14(20)8-4-12/h3-10,16H,2,11H2,1H3. The van der Waals surface area contributed by atoms with Crippen molar-refractivity contribution in [2.75, 3.05) is 6.61 Å². The number of benzene rings is 2. The van der Waals surface area contributed by atoms with Gasteiger partial charge in [-0.2, -0.15) is 0 Å². The molecular formula is C19H16Cl2O4. The molecule has 2 rings (SSSR count). The molecule has 25 heavy (non-hydrogen) atoms. The fourth-order valence-electron chi connectivity index (χ4n) is 2.28. The lowest BCUT2D eigenvalue weighted by molar-refractivity contribution is -0.146. The van der Waals surface area contributed by atoms with Crippen molar-refractivity contribution in [3.8, 4) is 0 Å². The largest absolute Gasteiger partial charge is 0.465 e. The number of halogens is 2. The quantitative estimate of drug-likeness (QED) is 0.400. The summed E-state index contributed by atoms with van der Waals surface area (Å²) in [4.78, 5) is 37.3. The van der Waals surface area contributed by atoms with Crippen molar-refractivity contribution < 1.29 is 19.1 Å². The molecule has 0 saturated carbocycles. The van der Waals surface area contributed by atoms with Crippen molar-refractivity contribution in [2.24, 2.45) is 5.92 Å². The van der Waals surface area contributed by atoms with E-state index < -0.39 is 17.7 Å². The lowest BCUT2D eigenvalue weighted by atomic mass is 9.91. The van der Waals surface area contributed by atoms with Gasteiger partial charge in [0.1, 0.15) is 5.92 Å². The van der Waals surface area contributed by atoms with Crippen molar-refractivity contribution in [1.82, 2.24) is 0 Å². The van der Waals surface area contributed by atoms with Crippen LogP contribution in [0.5, 0.6) is 0 Å². The maximum atomic E-state index is 12.7. The Bertz CT molecular complexity index is 767. The summed E-state index contributed by atoms with van der Waals surface area (Å²) in [5.74, 6) is -2.73. The fourth-order valence-corrected chi connectivity index (χ4v) is 2.53. The zero-order chi connectivity index (χ0) is 18.4. The number of esters is 1. The second-order valence-corrected chi connectivity index (χ2v) is 6.18. The number of Topliss-reactive ketones (excluding diaryl/α,β-unsaturated/α-hetero) is 2. The van der Waals surface area contributed by atoms with Crippen LogP contribution in [0.25, 0.3) is 0 Å². The molecule has 0 saturated heterocycles. The van der Waals surface area contributed by atoms with Crippen molar-refractivity contribution in [3.63, 3.8) is 0 Å². The number of hydrogen-bond donors (Lipinski definition) is 0. The van der Waals surface area contributed by atoms with E-state index in [0.717, 1.165) is 0 Å². The Morgan fingerprint density at radius 1 is 0.880 bits per heavy atom. The number of carbonyl (C=O) groups excluding carboxylic acids is 3. The first-order valence-electron chi connectivity index (χ1n) is 7.67. The number of rotatable bonds is 7. The molecule has 0 spiro atoms. The summed E-state index contributed by atoms with van der Waals surface area (Å²) in [7, 11) is 0. The highest BCUT2D eigenvalue weighted by molar-refractivity contribution is 6.31. The highest BCUT2D eigenvalue weighted by atomic mass is 35.5. The highest BCUT2D eigenvalue weighted by Crippen LogP contribution is 2.20. The van der Waals surface area contributed by atoms with E-state index in [1.54, 1.807) is 43.3 Å². The van der Waals surface area contributed by atoms with Gasteiger partial charge in [0.15, 0.2) is 11.6 Å². The summed E-state index contributed by atoms with van der Waals surface area (Å²) >= 11 is 11.6. The van der Waals surface area contributed by atoms with Crippen molar-refractivity contribution in [3.05, 3.63) is 69.7 Å². The van der Waals surface area contributed by atoms with Gasteiger partial charge < -0.3 is 4.74 Å². The summed E-state index contributed by atoms with van der Waals surface area (Å²) in [5, 5.41) is 0.970. The zero-order valence-electron chi connectivity index (χ0n) is 13.5. The minimum atomic E-state index is -1.20. The Labute approximate surface area is 155 Å². The van der Waals surface area contributed by atoms with Gasteiger partial charge in [-0.25, -0.2) is 0 Å². The van der Waals surface area contributed by atoms with Gasteiger partial charge >= 0.3 is 5.97 Å². The predicted octanol–water partition coefficient (Wildman–Crippen LogP) is 4.63. The third kappa shape index (κ3) is 5.15. The number of ether oxygens (including phenoxy) is 1. The van der Waals surface area contributed by atoms with Gasteiger partial charge in [-0.3, -0.25) is 14.4 Å². The Kier molecular flexibility index (Phi) is 6.73. The number of carbonyl (C=O) groups is 3. The molecule has 0 fully saturated rings. The lowest BCUT2D eigenvalue weighted by Crippen LogP contribution is -2.29. The zero-order valence-corrected chi connectivity index (χ0v) is 15.0. The average molecular weight is 379 g/mol. The normalized spacial score (nSPS) is 11.6. The first kappa shape index (κ1) is 19.2. The minimum Gasteiger partial charge on any atom is -0.465 e. The molecule has 1 atom stereocenters. The molecule has 0 amide bonds. The molecule has 0 aliphatic carbocycles. The van der Waals surface area contributed by atoms with Crippen LogP contribution in [-0.4, -0.2) is 24.1 Å². The van der Waals surface area contributed by atoms with Crippen molar-refractivity contribution >= 4 is 40.7 Å². The van der Waals surface area contributed by atoms with Crippen LogP contribution in [0.3, 0.4) is 0 Å². The van der Waals surface area contributed by atoms with Crippen LogP contribution >= 0.6 is 23.2 Å². The third-order valence-corrected chi connectivity index (χ3v) is 4.08. The summed E-state index contributed by atoms with van der Waals surface area (Å²) in [6.07, 6.45) is -0.276. The third-order valence-electron chi connectivity index (χ3n) is 3.57. The predicted molar refractivity (Wildman–Crippen MR) is 96.3 cm³/mol. The van der Waals surface area contributed by atoms with E-state index in [4.69, 9.17) is 27.9 Å². The lowest BCUT2D eigenvalue weighted by Gasteiger charge is -2.14. The highest BCUT2D eigenvalue weighted by Gasteiger charge is 2.31. The van der Waals surface area contributed by atoms with E-state index in [1.165, 1.54) is 12.1 Å². The van der Waals surface area contributed by atoms with Crippen LogP contribution in [0.2, 0.25) is 10.0 Å². The van der Waals surface area contributed by atoms with E-state index in [2.05, 4.69) is 0 Å². The van der Waals surface area contributed by atoms with E-state index in [9.17, 15) is 14.4 Å². The molecule has 1 unspecified atom stereocenters. The maximum absolute atomic E-state index is 12.7. The van der Waals surface area contributed by atoms with Crippen molar-refractivity contribution in [1.29, 1.82) is 0 Å². The Balaban J connectivity index is 2.24. The van der Waals surface area contributed by atoms with Gasteiger partial charge in [-0.1, -0.05) is 23.2 Å². The fraction of sp³-hybridized carbons (Fsp3) is 0.211. The van der Waals surface area contributed by atoms with E-state index in [1.807, 2.05) is 0 Å². The van der Waals surface area contributed by atoms with Gasteiger partial charge in [0.25, 0.3) is 0 Å². The van der Waals surface area contributed by atoms with Crippen LogP contribution in [0.15, 0.2) is 48.5 Å². The second kappa shape index (κ2) is 8.79. The molecule has 0 aromatic heterocycles. The summed E-state index contributed by atoms with van der Waals surface area (Å²) < 4.78 is 4.97. The molecule has 6 heteroatoms. The van der Waals surface area contributed by atoms with Crippen LogP contribution in [0.1, 0.15) is 34.1 Å². The Morgan fingerprint density at radius 2 is 1.36 bits per heavy atom. The van der Waals surface area contributed by atoms with Gasteiger partial charge in [-0.15, -0.1) is 0 Å². The van der Waals surface area contributed by atoms with Gasteiger partial charge in [-0.05, 0) is 55.5 Å². The minimum absolute atomic E-state index is 0.123. The van der Waals surface area contributed by atoms with E-state index in [0.29, 0.717) is 21.2 Å². The smallest absolute Gasteiger partial charge is 0.317 e. The van der Waals surface area contributed by atoms with Crippen LogP contribution in [0.4, 0.5) is 0 Å². The number of hydrogen-bond acceptors (Lipinski definition) is 4.